The lowest BCUT2D eigenvalue weighted by atomic mass is 10.1. The Morgan fingerprint density at radius 3 is 2.64 bits per heavy atom. The summed E-state index contributed by atoms with van der Waals surface area (Å²) in [4.78, 5) is 33.8. The average Bonchev–Trinajstić information content (AvgIpc) is 2.50. The predicted octanol–water partition coefficient (Wildman–Crippen LogP) is 1.75. The van der Waals surface area contributed by atoms with E-state index >= 15 is 0 Å². The van der Waals surface area contributed by atoms with Crippen LogP contribution in [0.3, 0.4) is 0 Å². The minimum Gasteiger partial charge on any atom is -0.489 e. The Balaban J connectivity index is 2.66. The van der Waals surface area contributed by atoms with Crippen LogP contribution >= 0.6 is 0 Å². The van der Waals surface area contributed by atoms with Gasteiger partial charge in [-0.3, -0.25) is 9.59 Å². The van der Waals surface area contributed by atoms with Crippen LogP contribution in [0.4, 0.5) is 0 Å². The lowest BCUT2D eigenvalue weighted by Crippen LogP contribution is -2.18. The Hall–Kier alpha value is -2.63. The van der Waals surface area contributed by atoms with Crippen molar-refractivity contribution in [3.8, 4) is 5.75 Å². The molecule has 118 valence electrons. The summed E-state index contributed by atoms with van der Waals surface area (Å²) in [6, 6.07) is 4.53. The van der Waals surface area contributed by atoms with E-state index in [1.165, 1.54) is 31.3 Å². The number of aldehydes is 1. The molecule has 1 rings (SSSR count). The van der Waals surface area contributed by atoms with Gasteiger partial charge in [0.2, 0.25) is 0 Å². The van der Waals surface area contributed by atoms with Crippen molar-refractivity contribution in [1.29, 1.82) is 0 Å². The molecule has 0 aliphatic carbocycles. The summed E-state index contributed by atoms with van der Waals surface area (Å²) in [5, 5.41) is 2.47. The molecule has 0 saturated heterocycles. The molecule has 1 aromatic rings. The lowest BCUT2D eigenvalue weighted by molar-refractivity contribution is -0.141. The molecule has 0 saturated carbocycles. The average molecular weight is 305 g/mol. The summed E-state index contributed by atoms with van der Waals surface area (Å²) in [5.74, 6) is -0.403. The first-order chi connectivity index (χ1) is 10.5. The minimum atomic E-state index is -0.454. The van der Waals surface area contributed by atoms with Gasteiger partial charge in [0.15, 0.2) is 6.29 Å². The maximum atomic E-state index is 11.5. The first-order valence-electron chi connectivity index (χ1n) is 6.79. The van der Waals surface area contributed by atoms with Crippen molar-refractivity contribution in [1.82, 2.24) is 5.32 Å². The number of esters is 1. The molecule has 0 bridgehead atoms. The van der Waals surface area contributed by atoms with E-state index in [2.05, 4.69) is 5.32 Å². The monoisotopic (exact) mass is 305 g/mol. The van der Waals surface area contributed by atoms with Gasteiger partial charge in [0.25, 0.3) is 5.91 Å². The van der Waals surface area contributed by atoms with Gasteiger partial charge < -0.3 is 14.8 Å². The van der Waals surface area contributed by atoms with Crippen LogP contribution in [-0.4, -0.2) is 37.9 Å². The number of hydrogen-bond donors (Lipinski definition) is 1. The Morgan fingerprint density at radius 1 is 1.32 bits per heavy atom. The highest BCUT2D eigenvalue weighted by atomic mass is 16.5. The fraction of sp³-hybridized carbons (Fsp3) is 0.312. The number of rotatable bonds is 7. The first-order valence-corrected chi connectivity index (χ1v) is 6.79. The summed E-state index contributed by atoms with van der Waals surface area (Å²) in [6.45, 7) is 3.62. The second kappa shape index (κ2) is 8.61. The molecule has 0 spiro atoms. The van der Waals surface area contributed by atoms with Crippen molar-refractivity contribution in [3.63, 3.8) is 0 Å². The van der Waals surface area contributed by atoms with E-state index in [1.54, 1.807) is 19.9 Å². The molecule has 0 aliphatic heterocycles. The highest BCUT2D eigenvalue weighted by Gasteiger charge is 2.08. The van der Waals surface area contributed by atoms with Crippen LogP contribution in [0.2, 0.25) is 0 Å². The molecular weight excluding hydrogens is 286 g/mol. The van der Waals surface area contributed by atoms with Crippen LogP contribution < -0.4 is 10.1 Å². The van der Waals surface area contributed by atoms with Gasteiger partial charge in [-0.2, -0.15) is 0 Å². The van der Waals surface area contributed by atoms with Gasteiger partial charge in [-0.05, 0) is 38.1 Å². The zero-order valence-electron chi connectivity index (χ0n) is 12.8. The number of carbonyl (C=O) groups excluding carboxylic acids is 3. The van der Waals surface area contributed by atoms with Gasteiger partial charge in [0, 0.05) is 18.7 Å². The molecule has 0 fully saturated rings. The Labute approximate surface area is 129 Å². The number of amides is 1. The molecular formula is C16H19NO5. The molecule has 1 amide bonds. The van der Waals surface area contributed by atoms with E-state index in [4.69, 9.17) is 9.47 Å². The quantitative estimate of drug-likeness (QED) is 0.471. The van der Waals surface area contributed by atoms with Crippen LogP contribution in [0.25, 0.3) is 0 Å². The van der Waals surface area contributed by atoms with Crippen molar-refractivity contribution >= 4 is 18.2 Å². The van der Waals surface area contributed by atoms with Gasteiger partial charge >= 0.3 is 5.97 Å². The number of hydrogen-bond acceptors (Lipinski definition) is 5. The molecule has 6 heteroatoms. The minimum absolute atomic E-state index is 0.105. The molecule has 0 atom stereocenters. The number of ether oxygens (including phenoxy) is 2. The van der Waals surface area contributed by atoms with Crippen molar-refractivity contribution in [2.24, 2.45) is 0 Å². The number of carbonyl (C=O) groups is 3. The summed E-state index contributed by atoms with van der Waals surface area (Å²) in [7, 11) is 1.51. The highest BCUT2D eigenvalue weighted by molar-refractivity contribution is 5.96. The van der Waals surface area contributed by atoms with E-state index in [9.17, 15) is 14.4 Å². The standard InChI is InChI=1S/C16H19NO5/c1-11(2)22-15(19)5-4-8-21-14-7-6-12(16(20)17-3)9-13(14)10-18/h4-7,9-11H,8H2,1-3H3,(H,17,20)/b5-4+. The number of benzene rings is 1. The van der Waals surface area contributed by atoms with Crippen molar-refractivity contribution < 1.29 is 23.9 Å². The summed E-state index contributed by atoms with van der Waals surface area (Å²) < 4.78 is 10.3. The zero-order valence-corrected chi connectivity index (χ0v) is 12.8. The molecule has 0 heterocycles. The maximum absolute atomic E-state index is 11.5. The third-order valence-corrected chi connectivity index (χ3v) is 2.57. The summed E-state index contributed by atoms with van der Waals surface area (Å²) in [5.41, 5.74) is 0.632. The Bertz CT molecular complexity index is 578. The third kappa shape index (κ3) is 5.40. The van der Waals surface area contributed by atoms with E-state index in [0.29, 0.717) is 17.6 Å². The van der Waals surface area contributed by atoms with Crippen LogP contribution in [0.15, 0.2) is 30.4 Å². The van der Waals surface area contributed by atoms with Crippen molar-refractivity contribution in [2.75, 3.05) is 13.7 Å². The molecule has 0 aliphatic rings. The fourth-order valence-electron chi connectivity index (χ4n) is 1.61. The van der Waals surface area contributed by atoms with Gasteiger partial charge in [0.1, 0.15) is 12.4 Å². The Kier molecular flexibility index (Phi) is 6.82. The largest absolute Gasteiger partial charge is 0.489 e. The molecule has 1 aromatic carbocycles. The number of nitrogens with one attached hydrogen (secondary N) is 1. The molecule has 22 heavy (non-hydrogen) atoms. The van der Waals surface area contributed by atoms with E-state index in [-0.39, 0.29) is 24.2 Å². The third-order valence-electron chi connectivity index (χ3n) is 2.57. The maximum Gasteiger partial charge on any atom is 0.330 e. The van der Waals surface area contributed by atoms with Crippen LogP contribution in [0, 0.1) is 0 Å². The molecule has 0 aromatic heterocycles. The van der Waals surface area contributed by atoms with Crippen LogP contribution in [-0.2, 0) is 9.53 Å². The van der Waals surface area contributed by atoms with Crippen molar-refractivity contribution in [3.05, 3.63) is 41.5 Å². The summed E-state index contributed by atoms with van der Waals surface area (Å²) >= 11 is 0. The van der Waals surface area contributed by atoms with Gasteiger partial charge in [-0.15, -0.1) is 0 Å². The van der Waals surface area contributed by atoms with E-state index < -0.39 is 5.97 Å². The van der Waals surface area contributed by atoms with Crippen LogP contribution in [0.1, 0.15) is 34.6 Å². The Morgan fingerprint density at radius 2 is 2.05 bits per heavy atom. The molecule has 6 nitrogen and oxygen atoms in total. The fourth-order valence-corrected chi connectivity index (χ4v) is 1.61. The van der Waals surface area contributed by atoms with Gasteiger partial charge in [-0.1, -0.05) is 0 Å². The molecule has 1 N–H and O–H groups in total. The van der Waals surface area contributed by atoms with Crippen LogP contribution in [0.5, 0.6) is 5.75 Å². The highest BCUT2D eigenvalue weighted by Crippen LogP contribution is 2.18. The summed E-state index contributed by atoms with van der Waals surface area (Å²) in [6.07, 6.45) is 3.18. The predicted molar refractivity (Wildman–Crippen MR) is 81.1 cm³/mol. The topological polar surface area (TPSA) is 81.7 Å². The normalized spacial score (nSPS) is 10.5. The van der Waals surface area contributed by atoms with E-state index in [1.807, 2.05) is 0 Å². The molecule has 0 unspecified atom stereocenters. The second-order valence-corrected chi connectivity index (χ2v) is 4.65. The zero-order chi connectivity index (χ0) is 16.5. The van der Waals surface area contributed by atoms with Gasteiger partial charge in [0.05, 0.1) is 11.7 Å². The van der Waals surface area contributed by atoms with Gasteiger partial charge in [-0.25, -0.2) is 4.79 Å². The SMILES string of the molecule is CNC(=O)c1ccc(OC/C=C/C(=O)OC(C)C)c(C=O)c1. The molecule has 0 radical (unpaired) electrons. The van der Waals surface area contributed by atoms with Crippen molar-refractivity contribution in [2.45, 2.75) is 20.0 Å². The lowest BCUT2D eigenvalue weighted by Gasteiger charge is -2.08. The van der Waals surface area contributed by atoms with E-state index in [0.717, 1.165) is 0 Å². The first kappa shape index (κ1) is 17.4. The second-order valence-electron chi connectivity index (χ2n) is 4.65. The smallest absolute Gasteiger partial charge is 0.330 e.